The zero-order valence-electron chi connectivity index (χ0n) is 14.9. The molecule has 0 aromatic carbocycles. The minimum absolute atomic E-state index is 0.814. The first-order chi connectivity index (χ1) is 12.1. The molecule has 1 fully saturated rings. The molecule has 0 spiro atoms. The number of hydrogen-bond donors (Lipinski definition) is 0. The monoisotopic (exact) mass is 376 g/mol. The van der Waals surface area contributed by atoms with Gasteiger partial charge in [0.25, 0.3) is 0 Å². The fraction of sp³-hybridized carbons (Fsp3) is 0.667. The molecule has 26 heavy (non-hydrogen) atoms. The highest BCUT2D eigenvalue weighted by Gasteiger charge is 2.56. The maximum Gasteiger partial charge on any atom is 0.339 e. The van der Waals surface area contributed by atoms with Crippen LogP contribution in [0.15, 0.2) is 0 Å². The Morgan fingerprint density at radius 2 is 1.08 bits per heavy atom. The maximum atomic E-state index is 12.0. The molecule has 0 aromatic heterocycles. The third kappa shape index (κ3) is 5.69. The first-order valence-electron chi connectivity index (χ1n) is 7.49. The van der Waals surface area contributed by atoms with E-state index in [1.165, 1.54) is 0 Å². The molecule has 11 nitrogen and oxygen atoms in total. The Morgan fingerprint density at radius 3 is 1.50 bits per heavy atom. The molecule has 1 saturated heterocycles. The van der Waals surface area contributed by atoms with Gasteiger partial charge >= 0.3 is 29.8 Å². The van der Waals surface area contributed by atoms with Gasteiger partial charge in [-0.3, -0.25) is 19.2 Å². The van der Waals surface area contributed by atoms with Gasteiger partial charge < -0.3 is 28.4 Å². The molecule has 146 valence electrons. The van der Waals surface area contributed by atoms with Crippen LogP contribution in [-0.4, -0.2) is 67.7 Å². The molecule has 0 radical (unpaired) electrons. The lowest BCUT2D eigenvalue weighted by molar-refractivity contribution is -0.294. The minimum atomic E-state index is -1.60. The first kappa shape index (κ1) is 21.4. The van der Waals surface area contributed by atoms with Gasteiger partial charge in [-0.05, 0) is 0 Å². The van der Waals surface area contributed by atoms with E-state index in [9.17, 15) is 24.0 Å². The third-order valence-electron chi connectivity index (χ3n) is 3.12. The Labute approximate surface area is 148 Å². The van der Waals surface area contributed by atoms with Crippen molar-refractivity contribution in [1.82, 2.24) is 0 Å². The van der Waals surface area contributed by atoms with Crippen molar-refractivity contribution in [3.63, 3.8) is 0 Å². The van der Waals surface area contributed by atoms with Gasteiger partial charge in [-0.15, -0.1) is 0 Å². The highest BCUT2D eigenvalue weighted by Crippen LogP contribution is 2.30. The van der Waals surface area contributed by atoms with E-state index in [1.807, 2.05) is 0 Å². The number of rotatable bonds is 5. The van der Waals surface area contributed by atoms with E-state index < -0.39 is 60.6 Å². The van der Waals surface area contributed by atoms with Crippen LogP contribution >= 0.6 is 0 Å². The van der Waals surface area contributed by atoms with Gasteiger partial charge in [0, 0.05) is 27.7 Å². The molecule has 0 amide bonds. The fourth-order valence-electron chi connectivity index (χ4n) is 2.34. The highest BCUT2D eigenvalue weighted by atomic mass is 16.7. The van der Waals surface area contributed by atoms with Crippen LogP contribution < -0.4 is 0 Å². The molecule has 0 aliphatic carbocycles. The third-order valence-corrected chi connectivity index (χ3v) is 3.12. The number of carbonyl (C=O) groups is 5. The standard InChI is InChI=1S/C15H20O11/c1-6(16)22-10-11(23-7(2)17)13(24-8(3)18)15(25-9(4)19)26-12(10)14(20)21-5/h10-13,15H,1-5H3/t10-,11?,12?,13+,15+/m0/s1. The molecule has 11 heteroatoms. The Kier molecular flexibility index (Phi) is 7.50. The van der Waals surface area contributed by atoms with E-state index in [2.05, 4.69) is 4.74 Å². The van der Waals surface area contributed by atoms with Gasteiger partial charge in [-0.2, -0.15) is 0 Å². The van der Waals surface area contributed by atoms with E-state index >= 15 is 0 Å². The number of methoxy groups -OCH3 is 1. The Hall–Kier alpha value is -2.69. The molecular weight excluding hydrogens is 356 g/mol. The van der Waals surface area contributed by atoms with Crippen LogP contribution in [0, 0.1) is 0 Å². The summed E-state index contributed by atoms with van der Waals surface area (Å²) in [4.78, 5) is 57.7. The van der Waals surface area contributed by atoms with E-state index in [4.69, 9.17) is 23.7 Å². The molecule has 0 N–H and O–H groups in total. The average molecular weight is 376 g/mol. The van der Waals surface area contributed by atoms with Crippen LogP contribution in [0.25, 0.3) is 0 Å². The van der Waals surface area contributed by atoms with Crippen molar-refractivity contribution in [2.45, 2.75) is 58.4 Å². The van der Waals surface area contributed by atoms with Crippen LogP contribution in [0.5, 0.6) is 0 Å². The largest absolute Gasteiger partial charge is 0.467 e. The molecule has 0 aromatic rings. The van der Waals surface area contributed by atoms with E-state index in [-0.39, 0.29) is 0 Å². The predicted molar refractivity (Wildman–Crippen MR) is 79.1 cm³/mol. The lowest BCUT2D eigenvalue weighted by Gasteiger charge is -2.42. The first-order valence-corrected chi connectivity index (χ1v) is 7.49. The average Bonchev–Trinajstić information content (AvgIpc) is 2.50. The van der Waals surface area contributed by atoms with Gasteiger partial charge in [-0.25, -0.2) is 4.79 Å². The normalized spacial score (nSPS) is 27.7. The van der Waals surface area contributed by atoms with Gasteiger partial charge in [0.2, 0.25) is 12.4 Å². The number of ether oxygens (including phenoxy) is 6. The number of hydrogen-bond acceptors (Lipinski definition) is 11. The predicted octanol–water partition coefficient (Wildman–Crippen LogP) is -0.757. The molecule has 2 unspecified atom stereocenters. The summed E-state index contributed by atoms with van der Waals surface area (Å²) in [6.45, 7) is 4.22. The molecule has 0 bridgehead atoms. The molecule has 5 atom stereocenters. The second kappa shape index (κ2) is 9.13. The van der Waals surface area contributed by atoms with Crippen LogP contribution in [0.4, 0.5) is 0 Å². The number of esters is 5. The molecule has 0 saturated carbocycles. The van der Waals surface area contributed by atoms with Gasteiger partial charge in [0.15, 0.2) is 18.3 Å². The summed E-state index contributed by atoms with van der Waals surface area (Å²) in [5.74, 6) is -4.25. The van der Waals surface area contributed by atoms with E-state index in [1.54, 1.807) is 0 Å². The van der Waals surface area contributed by atoms with Gasteiger partial charge in [0.1, 0.15) is 0 Å². The summed E-state index contributed by atoms with van der Waals surface area (Å²) < 4.78 is 30.0. The van der Waals surface area contributed by atoms with Crippen molar-refractivity contribution in [2.75, 3.05) is 7.11 Å². The number of carbonyl (C=O) groups excluding carboxylic acids is 5. The van der Waals surface area contributed by atoms with Gasteiger partial charge in [-0.1, -0.05) is 0 Å². The quantitative estimate of drug-likeness (QED) is 0.441. The fourth-order valence-corrected chi connectivity index (χ4v) is 2.34. The molecular formula is C15H20O11. The molecule has 1 rings (SSSR count). The lowest BCUT2D eigenvalue weighted by atomic mass is 9.97. The molecule has 1 heterocycles. The second-order valence-electron chi connectivity index (χ2n) is 5.28. The van der Waals surface area contributed by atoms with Crippen LogP contribution in [-0.2, 0) is 52.4 Å². The minimum Gasteiger partial charge on any atom is -0.467 e. The summed E-state index contributed by atoms with van der Waals surface area (Å²) in [6.07, 6.45) is -7.66. The zero-order chi connectivity index (χ0) is 20.0. The van der Waals surface area contributed by atoms with E-state index in [0.717, 1.165) is 34.8 Å². The SMILES string of the molecule is COC(=O)C1O[C@@H](OC(C)=O)[C@H](OC(C)=O)C(OC(C)=O)[C@@H]1OC(C)=O. The summed E-state index contributed by atoms with van der Waals surface area (Å²) >= 11 is 0. The maximum absolute atomic E-state index is 12.0. The van der Waals surface area contributed by atoms with Crippen molar-refractivity contribution >= 4 is 29.8 Å². The van der Waals surface area contributed by atoms with Crippen LogP contribution in [0.1, 0.15) is 27.7 Å². The molecule has 1 aliphatic rings. The van der Waals surface area contributed by atoms with Crippen molar-refractivity contribution in [1.29, 1.82) is 0 Å². The van der Waals surface area contributed by atoms with Crippen LogP contribution in [0.3, 0.4) is 0 Å². The summed E-state index contributed by atoms with van der Waals surface area (Å²) in [5, 5.41) is 0. The Balaban J connectivity index is 3.37. The topological polar surface area (TPSA) is 141 Å². The van der Waals surface area contributed by atoms with Gasteiger partial charge in [0.05, 0.1) is 7.11 Å². The second-order valence-corrected chi connectivity index (χ2v) is 5.28. The van der Waals surface area contributed by atoms with Crippen LogP contribution in [0.2, 0.25) is 0 Å². The van der Waals surface area contributed by atoms with Crippen molar-refractivity contribution in [3.05, 3.63) is 0 Å². The lowest BCUT2D eigenvalue weighted by Crippen LogP contribution is -2.64. The summed E-state index contributed by atoms with van der Waals surface area (Å²) in [7, 11) is 1.05. The summed E-state index contributed by atoms with van der Waals surface area (Å²) in [5.41, 5.74) is 0. The zero-order valence-corrected chi connectivity index (χ0v) is 14.9. The summed E-state index contributed by atoms with van der Waals surface area (Å²) in [6, 6.07) is 0. The molecule has 1 aliphatic heterocycles. The highest BCUT2D eigenvalue weighted by molar-refractivity contribution is 5.77. The smallest absolute Gasteiger partial charge is 0.339 e. The van der Waals surface area contributed by atoms with Crippen molar-refractivity contribution < 1.29 is 52.4 Å². The Bertz CT molecular complexity index is 584. The Morgan fingerprint density at radius 1 is 0.654 bits per heavy atom. The van der Waals surface area contributed by atoms with Crippen molar-refractivity contribution in [2.24, 2.45) is 0 Å². The van der Waals surface area contributed by atoms with Crippen molar-refractivity contribution in [3.8, 4) is 0 Å². The van der Waals surface area contributed by atoms with E-state index in [0.29, 0.717) is 0 Å².